The first kappa shape index (κ1) is 14.7. The molecule has 2 rings (SSSR count). The minimum Gasteiger partial charge on any atom is -0.309 e. The molecule has 0 spiro atoms. The second kappa shape index (κ2) is 6.66. The van der Waals surface area contributed by atoms with Crippen molar-refractivity contribution in [3.05, 3.63) is 44.4 Å². The molecule has 0 saturated carbocycles. The number of benzene rings is 1. The Balaban J connectivity index is 2.24. The zero-order chi connectivity index (χ0) is 13.8. The van der Waals surface area contributed by atoms with Gasteiger partial charge in [-0.3, -0.25) is 0 Å². The molecule has 0 aliphatic rings. The lowest BCUT2D eigenvalue weighted by molar-refractivity contribution is 0.555. The quantitative estimate of drug-likeness (QED) is 0.904. The van der Waals surface area contributed by atoms with E-state index in [1.807, 2.05) is 19.1 Å². The third-order valence-corrected chi connectivity index (χ3v) is 4.42. The molecular formula is C13H15Cl2N3S. The number of aryl methyl sites for hydroxylation is 1. The highest BCUT2D eigenvalue weighted by Crippen LogP contribution is 2.28. The van der Waals surface area contributed by atoms with Crippen molar-refractivity contribution in [3.63, 3.8) is 0 Å². The van der Waals surface area contributed by atoms with E-state index in [1.165, 1.54) is 11.5 Å². The zero-order valence-electron chi connectivity index (χ0n) is 10.8. The average molecular weight is 316 g/mol. The van der Waals surface area contributed by atoms with Gasteiger partial charge in [0, 0.05) is 16.1 Å². The van der Waals surface area contributed by atoms with E-state index >= 15 is 0 Å². The molecule has 1 heterocycles. The summed E-state index contributed by atoms with van der Waals surface area (Å²) in [6, 6.07) is 5.80. The summed E-state index contributed by atoms with van der Waals surface area (Å²) in [5, 5.41) is 8.88. The largest absolute Gasteiger partial charge is 0.309 e. The van der Waals surface area contributed by atoms with Crippen LogP contribution in [0.25, 0.3) is 0 Å². The summed E-state index contributed by atoms with van der Waals surface area (Å²) in [6.45, 7) is 4.94. The van der Waals surface area contributed by atoms with Gasteiger partial charge in [0.1, 0.15) is 0 Å². The van der Waals surface area contributed by atoms with Gasteiger partial charge in [-0.1, -0.05) is 40.7 Å². The Labute approximate surface area is 127 Å². The van der Waals surface area contributed by atoms with E-state index < -0.39 is 0 Å². The second-order valence-corrected chi connectivity index (χ2v) is 5.90. The summed E-state index contributed by atoms with van der Waals surface area (Å²) in [7, 11) is 0. The van der Waals surface area contributed by atoms with Crippen LogP contribution in [0.5, 0.6) is 0 Å². The van der Waals surface area contributed by atoms with E-state index in [9.17, 15) is 0 Å². The van der Waals surface area contributed by atoms with Gasteiger partial charge < -0.3 is 5.32 Å². The molecule has 3 nitrogen and oxygen atoms in total. The number of hydrogen-bond acceptors (Lipinski definition) is 4. The minimum atomic E-state index is 0.184. The van der Waals surface area contributed by atoms with Gasteiger partial charge in [0.2, 0.25) is 0 Å². The molecule has 0 fully saturated rings. The number of hydrogen-bond donors (Lipinski definition) is 1. The second-order valence-electron chi connectivity index (χ2n) is 4.27. The fourth-order valence-corrected chi connectivity index (χ4v) is 3.17. The Hall–Kier alpha value is -0.680. The highest BCUT2D eigenvalue weighted by molar-refractivity contribution is 7.05. The Morgan fingerprint density at radius 2 is 2.16 bits per heavy atom. The lowest BCUT2D eigenvalue weighted by Gasteiger charge is -2.17. The molecule has 1 aromatic carbocycles. The van der Waals surface area contributed by atoms with E-state index in [0.717, 1.165) is 29.1 Å². The third kappa shape index (κ3) is 3.66. The van der Waals surface area contributed by atoms with E-state index in [0.29, 0.717) is 10.0 Å². The van der Waals surface area contributed by atoms with Crippen LogP contribution in [-0.2, 0) is 6.42 Å². The molecule has 1 aromatic heterocycles. The predicted octanol–water partition coefficient (Wildman–Crippen LogP) is 4.05. The van der Waals surface area contributed by atoms with Crippen LogP contribution in [0.4, 0.5) is 0 Å². The SMILES string of the molecule is CCNC(Cc1ccc(Cl)cc1Cl)c1snnc1C. The number of nitrogens with one attached hydrogen (secondary N) is 1. The van der Waals surface area contributed by atoms with Crippen molar-refractivity contribution in [1.82, 2.24) is 14.9 Å². The van der Waals surface area contributed by atoms with E-state index in [4.69, 9.17) is 23.2 Å². The van der Waals surface area contributed by atoms with Gasteiger partial charge in [-0.15, -0.1) is 5.10 Å². The maximum atomic E-state index is 6.23. The van der Waals surface area contributed by atoms with E-state index in [1.54, 1.807) is 6.07 Å². The zero-order valence-corrected chi connectivity index (χ0v) is 13.1. The molecule has 102 valence electrons. The maximum absolute atomic E-state index is 6.23. The summed E-state index contributed by atoms with van der Waals surface area (Å²) in [5.74, 6) is 0. The fraction of sp³-hybridized carbons (Fsp3) is 0.385. The molecule has 1 unspecified atom stereocenters. The highest BCUT2D eigenvalue weighted by atomic mass is 35.5. The van der Waals surface area contributed by atoms with Crippen LogP contribution >= 0.6 is 34.7 Å². The summed E-state index contributed by atoms with van der Waals surface area (Å²) < 4.78 is 4.00. The fourth-order valence-electron chi connectivity index (χ4n) is 1.97. The highest BCUT2D eigenvalue weighted by Gasteiger charge is 2.18. The van der Waals surface area contributed by atoms with Crippen LogP contribution in [0.2, 0.25) is 10.0 Å². The lowest BCUT2D eigenvalue weighted by Crippen LogP contribution is -2.23. The van der Waals surface area contributed by atoms with Crippen LogP contribution in [0.1, 0.15) is 29.1 Å². The Bertz CT molecular complexity index is 557. The van der Waals surface area contributed by atoms with Gasteiger partial charge in [0.05, 0.1) is 10.6 Å². The summed E-state index contributed by atoms with van der Waals surface area (Å²) >= 11 is 13.6. The van der Waals surface area contributed by atoms with Crippen LogP contribution in [-0.4, -0.2) is 16.1 Å². The average Bonchev–Trinajstić information content (AvgIpc) is 2.78. The molecule has 2 aromatic rings. The van der Waals surface area contributed by atoms with Crippen molar-refractivity contribution >= 4 is 34.7 Å². The number of nitrogens with zero attached hydrogens (tertiary/aromatic N) is 2. The summed E-state index contributed by atoms with van der Waals surface area (Å²) in [4.78, 5) is 1.16. The minimum absolute atomic E-state index is 0.184. The van der Waals surface area contributed by atoms with E-state index in [-0.39, 0.29) is 6.04 Å². The molecule has 1 N–H and O–H groups in total. The van der Waals surface area contributed by atoms with Crippen molar-refractivity contribution in [2.75, 3.05) is 6.54 Å². The Morgan fingerprint density at radius 3 is 2.74 bits per heavy atom. The number of halogens is 2. The molecule has 0 amide bonds. The number of rotatable bonds is 5. The predicted molar refractivity (Wildman–Crippen MR) is 81.2 cm³/mol. The standard InChI is InChI=1S/C13H15Cl2N3S/c1-3-16-12(13-8(2)17-18-19-13)6-9-4-5-10(14)7-11(9)15/h4-5,7,12,16H,3,6H2,1-2H3. The van der Waals surface area contributed by atoms with Crippen LogP contribution in [0.3, 0.4) is 0 Å². The topological polar surface area (TPSA) is 37.8 Å². The van der Waals surface area contributed by atoms with Crippen molar-refractivity contribution < 1.29 is 0 Å². The van der Waals surface area contributed by atoms with E-state index in [2.05, 4.69) is 21.8 Å². The first-order chi connectivity index (χ1) is 9.11. The monoisotopic (exact) mass is 315 g/mol. The van der Waals surface area contributed by atoms with Gasteiger partial charge in [-0.05, 0) is 49.1 Å². The first-order valence-electron chi connectivity index (χ1n) is 6.08. The third-order valence-electron chi connectivity index (χ3n) is 2.89. The normalized spacial score (nSPS) is 12.6. The molecule has 0 saturated heterocycles. The van der Waals surface area contributed by atoms with Crippen LogP contribution in [0.15, 0.2) is 18.2 Å². The smallest absolute Gasteiger partial charge is 0.0772 e. The molecule has 6 heteroatoms. The molecular weight excluding hydrogens is 301 g/mol. The number of aromatic nitrogens is 2. The first-order valence-corrected chi connectivity index (χ1v) is 7.61. The van der Waals surface area contributed by atoms with Crippen molar-refractivity contribution in [3.8, 4) is 0 Å². The molecule has 0 aliphatic heterocycles. The molecule has 1 atom stereocenters. The number of likely N-dealkylation sites (N-methyl/N-ethyl adjacent to an activating group) is 1. The summed E-state index contributed by atoms with van der Waals surface area (Å²) in [6.07, 6.45) is 0.800. The van der Waals surface area contributed by atoms with Crippen LogP contribution < -0.4 is 5.32 Å². The molecule has 19 heavy (non-hydrogen) atoms. The van der Waals surface area contributed by atoms with Crippen LogP contribution in [0, 0.1) is 6.92 Å². The van der Waals surface area contributed by atoms with Crippen molar-refractivity contribution in [2.45, 2.75) is 26.3 Å². The van der Waals surface area contributed by atoms with Crippen molar-refractivity contribution in [2.24, 2.45) is 0 Å². The molecule has 0 radical (unpaired) electrons. The van der Waals surface area contributed by atoms with Gasteiger partial charge in [0.25, 0.3) is 0 Å². The van der Waals surface area contributed by atoms with Gasteiger partial charge >= 0.3 is 0 Å². The van der Waals surface area contributed by atoms with Gasteiger partial charge in [-0.25, -0.2) is 0 Å². The Morgan fingerprint density at radius 1 is 1.37 bits per heavy atom. The molecule has 0 aliphatic carbocycles. The molecule has 0 bridgehead atoms. The van der Waals surface area contributed by atoms with Crippen molar-refractivity contribution in [1.29, 1.82) is 0 Å². The summed E-state index contributed by atoms with van der Waals surface area (Å²) in [5.41, 5.74) is 2.05. The maximum Gasteiger partial charge on any atom is 0.0772 e. The van der Waals surface area contributed by atoms with Gasteiger partial charge in [-0.2, -0.15) is 0 Å². The Kier molecular flexibility index (Phi) is 5.16. The lowest BCUT2D eigenvalue weighted by atomic mass is 10.0. The van der Waals surface area contributed by atoms with Gasteiger partial charge in [0.15, 0.2) is 0 Å².